The van der Waals surface area contributed by atoms with E-state index in [2.05, 4.69) is 35.0 Å². The van der Waals surface area contributed by atoms with Crippen LogP contribution in [0, 0.1) is 11.8 Å². The Morgan fingerprint density at radius 3 is 2.80 bits per heavy atom. The van der Waals surface area contributed by atoms with Crippen molar-refractivity contribution in [3.8, 4) is 0 Å². The summed E-state index contributed by atoms with van der Waals surface area (Å²) in [6.45, 7) is 2.17. The molecule has 0 radical (unpaired) electrons. The predicted octanol–water partition coefficient (Wildman–Crippen LogP) is 3.40. The maximum absolute atomic E-state index is 10.1. The fourth-order valence-corrected chi connectivity index (χ4v) is 2.47. The van der Waals surface area contributed by atoms with Gasteiger partial charge in [-0.2, -0.15) is 0 Å². The molecule has 1 aliphatic rings. The normalized spacial score (nSPS) is 19.9. The van der Waals surface area contributed by atoms with Crippen LogP contribution in [-0.2, 0) is 6.42 Å². The van der Waals surface area contributed by atoms with Gasteiger partial charge in [0, 0.05) is 4.47 Å². The smallest absolute Gasteiger partial charge is 0.0608 e. The summed E-state index contributed by atoms with van der Waals surface area (Å²) in [7, 11) is 0. The van der Waals surface area contributed by atoms with Gasteiger partial charge in [-0.3, -0.25) is 0 Å². The fraction of sp³-hybridized carbons (Fsp3) is 0.538. The van der Waals surface area contributed by atoms with Gasteiger partial charge in [0.05, 0.1) is 6.10 Å². The van der Waals surface area contributed by atoms with Crippen LogP contribution in [0.1, 0.15) is 25.3 Å². The van der Waals surface area contributed by atoms with Crippen molar-refractivity contribution in [2.24, 2.45) is 11.8 Å². The van der Waals surface area contributed by atoms with E-state index in [9.17, 15) is 5.11 Å². The third-order valence-electron chi connectivity index (χ3n) is 3.31. The van der Waals surface area contributed by atoms with Crippen molar-refractivity contribution in [1.82, 2.24) is 0 Å². The summed E-state index contributed by atoms with van der Waals surface area (Å²) < 4.78 is 1.09. The van der Waals surface area contributed by atoms with Crippen LogP contribution < -0.4 is 0 Å². The molecule has 0 aliphatic heterocycles. The van der Waals surface area contributed by atoms with E-state index < -0.39 is 0 Å². The highest BCUT2D eigenvalue weighted by atomic mass is 79.9. The molecule has 1 N–H and O–H groups in total. The summed E-state index contributed by atoms with van der Waals surface area (Å²) in [4.78, 5) is 0. The van der Waals surface area contributed by atoms with E-state index in [4.69, 9.17) is 0 Å². The molecular formula is C13H17BrO. The minimum absolute atomic E-state index is 0.188. The zero-order valence-corrected chi connectivity index (χ0v) is 10.6. The summed E-state index contributed by atoms with van der Waals surface area (Å²) in [6, 6.07) is 8.20. The first-order chi connectivity index (χ1) is 7.16. The average Bonchev–Trinajstić information content (AvgIpc) is 2.99. The van der Waals surface area contributed by atoms with Crippen LogP contribution >= 0.6 is 15.9 Å². The van der Waals surface area contributed by atoms with Gasteiger partial charge in [0.25, 0.3) is 0 Å². The van der Waals surface area contributed by atoms with Crippen molar-refractivity contribution >= 4 is 15.9 Å². The maximum Gasteiger partial charge on any atom is 0.0608 e. The lowest BCUT2D eigenvalue weighted by molar-refractivity contribution is 0.105. The van der Waals surface area contributed by atoms with E-state index in [1.807, 2.05) is 12.1 Å². The van der Waals surface area contributed by atoms with Crippen molar-refractivity contribution < 1.29 is 5.11 Å². The summed E-state index contributed by atoms with van der Waals surface area (Å²) in [5, 5.41) is 10.1. The van der Waals surface area contributed by atoms with Crippen molar-refractivity contribution in [3.05, 3.63) is 34.3 Å². The van der Waals surface area contributed by atoms with Crippen LogP contribution in [0.2, 0.25) is 0 Å². The summed E-state index contributed by atoms with van der Waals surface area (Å²) in [5.41, 5.74) is 1.21. The lowest BCUT2D eigenvalue weighted by Gasteiger charge is -2.18. The van der Waals surface area contributed by atoms with Crippen LogP contribution in [0.4, 0.5) is 0 Å². The minimum atomic E-state index is -0.188. The van der Waals surface area contributed by atoms with Gasteiger partial charge in [-0.15, -0.1) is 0 Å². The summed E-state index contributed by atoms with van der Waals surface area (Å²) in [6.07, 6.45) is 3.19. The topological polar surface area (TPSA) is 20.2 Å². The lowest BCUT2D eigenvalue weighted by atomic mass is 9.94. The molecule has 82 valence electrons. The van der Waals surface area contributed by atoms with E-state index in [0.717, 1.165) is 16.8 Å². The first kappa shape index (κ1) is 11.2. The molecular weight excluding hydrogens is 252 g/mol. The zero-order chi connectivity index (χ0) is 10.8. The molecule has 0 bridgehead atoms. The van der Waals surface area contributed by atoms with Gasteiger partial charge in [-0.25, -0.2) is 0 Å². The molecule has 1 saturated carbocycles. The monoisotopic (exact) mass is 268 g/mol. The number of rotatable bonds is 4. The minimum Gasteiger partial charge on any atom is -0.392 e. The van der Waals surface area contributed by atoms with Gasteiger partial charge in [-0.1, -0.05) is 35.0 Å². The number of hydrogen-bond acceptors (Lipinski definition) is 1. The molecule has 2 atom stereocenters. The van der Waals surface area contributed by atoms with Gasteiger partial charge >= 0.3 is 0 Å². The van der Waals surface area contributed by atoms with Gasteiger partial charge in [0.2, 0.25) is 0 Å². The number of hydrogen-bond donors (Lipinski definition) is 1. The molecule has 0 saturated heterocycles. The molecule has 0 heterocycles. The van der Waals surface area contributed by atoms with Gasteiger partial charge < -0.3 is 5.11 Å². The Hall–Kier alpha value is -0.340. The highest BCUT2D eigenvalue weighted by molar-refractivity contribution is 9.10. The molecule has 15 heavy (non-hydrogen) atoms. The third kappa shape index (κ3) is 3.05. The molecule has 1 fully saturated rings. The number of benzene rings is 1. The molecule has 2 rings (SSSR count). The van der Waals surface area contributed by atoms with E-state index in [1.165, 1.54) is 18.4 Å². The molecule has 0 amide bonds. The van der Waals surface area contributed by atoms with Crippen LogP contribution in [0.15, 0.2) is 28.7 Å². The highest BCUT2D eigenvalue weighted by Gasteiger charge is 2.32. The standard InChI is InChI=1S/C13H17BrO/c1-9(11-5-6-11)13(15)8-10-3-2-4-12(14)7-10/h2-4,7,9,11,13,15H,5-6,8H2,1H3. The largest absolute Gasteiger partial charge is 0.392 e. The van der Waals surface area contributed by atoms with E-state index in [1.54, 1.807) is 0 Å². The second-order valence-electron chi connectivity index (χ2n) is 4.60. The van der Waals surface area contributed by atoms with Crippen molar-refractivity contribution in [2.45, 2.75) is 32.3 Å². The predicted molar refractivity (Wildman–Crippen MR) is 65.7 cm³/mol. The van der Waals surface area contributed by atoms with Gasteiger partial charge in [0.15, 0.2) is 0 Å². The average molecular weight is 269 g/mol. The molecule has 0 spiro atoms. The SMILES string of the molecule is CC(C(O)Cc1cccc(Br)c1)C1CC1. The Balaban J connectivity index is 1.95. The second-order valence-corrected chi connectivity index (χ2v) is 5.51. The zero-order valence-electron chi connectivity index (χ0n) is 8.99. The highest BCUT2D eigenvalue weighted by Crippen LogP contribution is 2.38. The molecule has 0 aromatic heterocycles. The van der Waals surface area contributed by atoms with Crippen LogP contribution in [0.25, 0.3) is 0 Å². The molecule has 1 aromatic rings. The van der Waals surface area contributed by atoms with Crippen molar-refractivity contribution in [3.63, 3.8) is 0 Å². The van der Waals surface area contributed by atoms with Crippen molar-refractivity contribution in [1.29, 1.82) is 0 Å². The molecule has 2 unspecified atom stereocenters. The van der Waals surface area contributed by atoms with Gasteiger partial charge in [0.1, 0.15) is 0 Å². The van der Waals surface area contributed by atoms with Gasteiger partial charge in [-0.05, 0) is 48.8 Å². The lowest BCUT2D eigenvalue weighted by Crippen LogP contribution is -2.21. The van der Waals surface area contributed by atoms with E-state index >= 15 is 0 Å². The van der Waals surface area contributed by atoms with Crippen molar-refractivity contribution in [2.75, 3.05) is 0 Å². The quantitative estimate of drug-likeness (QED) is 0.888. The fourth-order valence-electron chi connectivity index (χ4n) is 2.03. The Kier molecular flexibility index (Phi) is 3.47. The molecule has 1 aliphatic carbocycles. The molecule has 2 heteroatoms. The molecule has 1 nitrogen and oxygen atoms in total. The summed E-state index contributed by atoms with van der Waals surface area (Å²) in [5.74, 6) is 1.22. The first-order valence-corrected chi connectivity index (χ1v) is 6.38. The van der Waals surface area contributed by atoms with Crippen LogP contribution in [0.5, 0.6) is 0 Å². The Bertz CT molecular complexity index is 333. The Labute approximate surface area is 99.6 Å². The van der Waals surface area contributed by atoms with E-state index in [-0.39, 0.29) is 6.10 Å². The number of aliphatic hydroxyl groups excluding tert-OH is 1. The third-order valence-corrected chi connectivity index (χ3v) is 3.80. The second kappa shape index (κ2) is 4.67. The Morgan fingerprint density at radius 2 is 2.20 bits per heavy atom. The molecule has 1 aromatic carbocycles. The summed E-state index contributed by atoms with van der Waals surface area (Å²) >= 11 is 3.45. The Morgan fingerprint density at radius 1 is 1.47 bits per heavy atom. The van der Waals surface area contributed by atoms with E-state index in [0.29, 0.717) is 5.92 Å². The first-order valence-electron chi connectivity index (χ1n) is 5.59. The number of halogens is 1. The van der Waals surface area contributed by atoms with Crippen LogP contribution in [0.3, 0.4) is 0 Å². The maximum atomic E-state index is 10.1. The van der Waals surface area contributed by atoms with Crippen LogP contribution in [-0.4, -0.2) is 11.2 Å². The number of aliphatic hydroxyl groups is 1.